The number of hydrogen-bond acceptors (Lipinski definition) is 7. The molecule has 9 heteroatoms. The molecule has 2 unspecified atom stereocenters. The van der Waals surface area contributed by atoms with Crippen molar-refractivity contribution in [2.24, 2.45) is 40.2 Å². The Hall–Kier alpha value is -2.49. The van der Waals surface area contributed by atoms with Gasteiger partial charge in [0, 0.05) is 23.6 Å². The van der Waals surface area contributed by atoms with Gasteiger partial charge in [0.25, 0.3) is 0 Å². The molecule has 4 aliphatic rings. The van der Waals surface area contributed by atoms with E-state index in [2.05, 4.69) is 25.0 Å². The molecule has 0 radical (unpaired) electrons. The lowest BCUT2D eigenvalue weighted by molar-refractivity contribution is -0.201. The van der Waals surface area contributed by atoms with Crippen LogP contribution in [0.25, 0.3) is 11.8 Å². The van der Waals surface area contributed by atoms with Crippen LogP contribution in [-0.4, -0.2) is 43.6 Å². The molecule has 6 rings (SSSR count). The van der Waals surface area contributed by atoms with E-state index in [0.29, 0.717) is 6.42 Å². The third-order valence-electron chi connectivity index (χ3n) is 11.1. The van der Waals surface area contributed by atoms with Gasteiger partial charge in [0.05, 0.1) is 23.7 Å². The number of ether oxygens (including phenoxy) is 1. The zero-order valence-electron chi connectivity index (χ0n) is 24.2. The van der Waals surface area contributed by atoms with Crippen molar-refractivity contribution in [3.63, 3.8) is 0 Å². The molecule has 2 aromatic rings. The molecule has 1 heterocycles. The normalized spacial score (nSPS) is 37.3. The highest BCUT2D eigenvalue weighted by molar-refractivity contribution is 8.13. The van der Waals surface area contributed by atoms with Gasteiger partial charge in [-0.05, 0) is 91.2 Å². The van der Waals surface area contributed by atoms with Crippen LogP contribution in [0.5, 0.6) is 0 Å². The Morgan fingerprint density at radius 1 is 1.27 bits per heavy atom. The maximum atomic E-state index is 13.8. The van der Waals surface area contributed by atoms with E-state index in [0.717, 1.165) is 54.4 Å². The lowest BCUT2D eigenvalue weighted by atomic mass is 9.45. The predicted octanol–water partition coefficient (Wildman–Crippen LogP) is 5.28. The van der Waals surface area contributed by atoms with Crippen molar-refractivity contribution in [2.75, 3.05) is 5.88 Å². The third kappa shape index (κ3) is 4.02. The van der Waals surface area contributed by atoms with Gasteiger partial charge < -0.3 is 15.6 Å². The molecular formula is C32H40FN3O4S. The Kier molecular flexibility index (Phi) is 7.02. The molecule has 220 valence electrons. The number of allylic oxidation sites excluding steroid dienone is 1. The van der Waals surface area contributed by atoms with Gasteiger partial charge in [0.15, 0.2) is 5.60 Å². The first-order valence-electron chi connectivity index (χ1n) is 14.8. The number of benzene rings is 1. The van der Waals surface area contributed by atoms with Gasteiger partial charge in [-0.1, -0.05) is 45.0 Å². The Labute approximate surface area is 245 Å². The number of carbonyl (C=O) groups excluding carboxylic acids is 2. The second kappa shape index (κ2) is 10.1. The summed E-state index contributed by atoms with van der Waals surface area (Å²) in [5.74, 6) is -0.422. The smallest absolute Gasteiger partial charge is 0.306 e. The maximum Gasteiger partial charge on any atom is 0.306 e. The summed E-state index contributed by atoms with van der Waals surface area (Å²) in [6.07, 6.45) is 7.34. The van der Waals surface area contributed by atoms with E-state index in [1.807, 2.05) is 17.8 Å². The van der Waals surface area contributed by atoms with E-state index >= 15 is 0 Å². The fraction of sp³-hybridized carbons (Fsp3) is 0.594. The van der Waals surface area contributed by atoms with Gasteiger partial charge in [-0.25, -0.2) is 9.07 Å². The fourth-order valence-corrected chi connectivity index (χ4v) is 10.3. The average molecular weight is 582 g/mol. The summed E-state index contributed by atoms with van der Waals surface area (Å²) >= 11 is 1.02. The van der Waals surface area contributed by atoms with Gasteiger partial charge >= 0.3 is 5.97 Å². The second-order valence-corrected chi connectivity index (χ2v) is 14.0. The molecule has 3 N–H and O–H groups in total. The van der Waals surface area contributed by atoms with E-state index in [1.165, 1.54) is 17.7 Å². The number of aliphatic hydroxyl groups is 1. The number of fused-ring (bicyclic) bond motifs is 6. The lowest BCUT2D eigenvalue weighted by Gasteiger charge is -2.60. The molecule has 1 aromatic heterocycles. The second-order valence-electron chi connectivity index (χ2n) is 13.0. The monoisotopic (exact) mass is 581 g/mol. The van der Waals surface area contributed by atoms with E-state index in [9.17, 15) is 19.1 Å². The topological polar surface area (TPSA) is 107 Å². The molecule has 41 heavy (non-hydrogen) atoms. The van der Waals surface area contributed by atoms with E-state index in [-0.39, 0.29) is 58.3 Å². The molecular weight excluding hydrogens is 541 g/mol. The standard InChI is InChI=1S/C32H40FN3O4S/c1-5-27(38)40-32(29(39)41-17-34)18(2)12-24-23-11-6-20-13-25-19(16-35-36(25)22-9-7-21(33)8-10-22)14-30(20,3)28(23)26(37)15-31(24,32)4/h7-10,13,16,18,23-24,26,28,37H,5-6,11-12,14-15,17,34H2,1-4H3/t18-,23+,24?,26+,28?,30+,31+,32+/m1/s1. The summed E-state index contributed by atoms with van der Waals surface area (Å²) in [5, 5.41) is 16.5. The first-order valence-corrected chi connectivity index (χ1v) is 15.8. The highest BCUT2D eigenvalue weighted by Gasteiger charge is 2.73. The van der Waals surface area contributed by atoms with Crippen molar-refractivity contribution in [3.8, 4) is 5.69 Å². The van der Waals surface area contributed by atoms with Crippen LogP contribution in [0.15, 0.2) is 36.0 Å². The molecule has 7 nitrogen and oxygen atoms in total. The van der Waals surface area contributed by atoms with Crippen molar-refractivity contribution in [3.05, 3.63) is 53.1 Å². The van der Waals surface area contributed by atoms with E-state index < -0.39 is 17.1 Å². The lowest BCUT2D eigenvalue weighted by Crippen LogP contribution is -2.63. The summed E-state index contributed by atoms with van der Waals surface area (Å²) in [7, 11) is 0. The SMILES string of the molecule is CCC(=O)O[C@]1(C(=O)SCN)[C@H](C)CC2[C@@H]3CCC4=Cc5c(cnn5-c5ccc(F)cc5)C[C@]4(C)C3[C@@H](O)C[C@@]21C. The molecule has 0 amide bonds. The predicted molar refractivity (Wildman–Crippen MR) is 156 cm³/mol. The van der Waals surface area contributed by atoms with E-state index in [1.54, 1.807) is 19.1 Å². The summed E-state index contributed by atoms with van der Waals surface area (Å²) in [6.45, 7) is 8.11. The Bertz CT molecular complexity index is 1410. The van der Waals surface area contributed by atoms with Crippen LogP contribution in [0.4, 0.5) is 4.39 Å². The average Bonchev–Trinajstić information content (AvgIpc) is 3.43. The summed E-state index contributed by atoms with van der Waals surface area (Å²) < 4.78 is 21.6. The van der Waals surface area contributed by atoms with Crippen LogP contribution in [0.2, 0.25) is 0 Å². The number of hydrogen-bond donors (Lipinski definition) is 2. The molecule has 1 aromatic carbocycles. The largest absolute Gasteiger partial charge is 0.449 e. The number of rotatable bonds is 5. The van der Waals surface area contributed by atoms with Crippen LogP contribution in [0.3, 0.4) is 0 Å². The number of aliphatic hydroxyl groups excluding tert-OH is 1. The number of nitrogens with two attached hydrogens (primary N) is 1. The molecule has 4 aliphatic carbocycles. The summed E-state index contributed by atoms with van der Waals surface area (Å²) in [4.78, 5) is 26.6. The van der Waals surface area contributed by atoms with E-state index in [4.69, 9.17) is 10.5 Å². The van der Waals surface area contributed by atoms with Crippen molar-refractivity contribution < 1.29 is 23.8 Å². The Balaban J connectivity index is 1.38. The number of aromatic nitrogens is 2. The van der Waals surface area contributed by atoms with Gasteiger partial charge in [0.2, 0.25) is 5.12 Å². The molecule has 0 spiro atoms. The van der Waals surface area contributed by atoms with Crippen molar-refractivity contribution >= 4 is 28.9 Å². The summed E-state index contributed by atoms with van der Waals surface area (Å²) in [5.41, 5.74) is 7.79. The molecule has 3 fully saturated rings. The van der Waals surface area contributed by atoms with Crippen LogP contribution in [0, 0.1) is 40.3 Å². The molecule has 0 aliphatic heterocycles. The minimum atomic E-state index is -1.31. The van der Waals surface area contributed by atoms with Crippen molar-refractivity contribution in [1.29, 1.82) is 0 Å². The van der Waals surface area contributed by atoms with Crippen LogP contribution in [0.1, 0.15) is 71.1 Å². The molecule has 0 saturated heterocycles. The van der Waals surface area contributed by atoms with Gasteiger partial charge in [0.1, 0.15) is 5.82 Å². The fourth-order valence-electron chi connectivity index (χ4n) is 9.42. The first-order chi connectivity index (χ1) is 19.5. The summed E-state index contributed by atoms with van der Waals surface area (Å²) in [6, 6.07) is 6.36. The van der Waals surface area contributed by atoms with Gasteiger partial charge in [-0.2, -0.15) is 5.10 Å². The van der Waals surface area contributed by atoms with Crippen LogP contribution < -0.4 is 5.73 Å². The Morgan fingerprint density at radius 2 is 2.00 bits per heavy atom. The quantitative estimate of drug-likeness (QED) is 0.366. The number of halogens is 1. The van der Waals surface area contributed by atoms with Crippen LogP contribution >= 0.6 is 11.8 Å². The van der Waals surface area contributed by atoms with Gasteiger partial charge in [-0.15, -0.1) is 0 Å². The molecule has 0 bridgehead atoms. The first kappa shape index (κ1) is 28.6. The van der Waals surface area contributed by atoms with Crippen molar-refractivity contribution in [1.82, 2.24) is 9.78 Å². The number of nitrogens with zero attached hydrogens (tertiary/aromatic N) is 2. The molecule has 3 saturated carbocycles. The highest BCUT2D eigenvalue weighted by Crippen LogP contribution is 2.70. The van der Waals surface area contributed by atoms with Crippen molar-refractivity contribution in [2.45, 2.75) is 77.9 Å². The number of thioether (sulfide) groups is 1. The number of carbonyl (C=O) groups is 2. The van der Waals surface area contributed by atoms with Crippen LogP contribution in [-0.2, 0) is 20.7 Å². The molecule has 8 atom stereocenters. The zero-order valence-corrected chi connectivity index (χ0v) is 25.0. The minimum absolute atomic E-state index is 0.00466. The number of esters is 1. The highest BCUT2D eigenvalue weighted by atomic mass is 32.2. The maximum absolute atomic E-state index is 13.8. The Morgan fingerprint density at radius 3 is 2.68 bits per heavy atom. The third-order valence-corrected chi connectivity index (χ3v) is 11.8. The van der Waals surface area contributed by atoms with Gasteiger partial charge in [-0.3, -0.25) is 9.59 Å². The minimum Gasteiger partial charge on any atom is -0.449 e. The zero-order chi connectivity index (χ0) is 29.3.